The van der Waals surface area contributed by atoms with Gasteiger partial charge < -0.3 is 9.84 Å². The van der Waals surface area contributed by atoms with Gasteiger partial charge in [-0.3, -0.25) is 4.79 Å². The minimum atomic E-state index is -0.912. The Labute approximate surface area is 93.6 Å². The highest BCUT2D eigenvalue weighted by atomic mass is 35.5. The van der Waals surface area contributed by atoms with E-state index < -0.39 is 12.1 Å². The average Bonchev–Trinajstić information content (AvgIpc) is 2.21. The van der Waals surface area contributed by atoms with E-state index in [1.165, 1.54) is 7.11 Å². The highest BCUT2D eigenvalue weighted by Gasteiger charge is 2.16. The van der Waals surface area contributed by atoms with E-state index >= 15 is 0 Å². The molecular weight excluding hydrogens is 216 g/mol. The summed E-state index contributed by atoms with van der Waals surface area (Å²) in [6.45, 7) is 1.89. The molecule has 1 aromatic rings. The van der Waals surface area contributed by atoms with Crippen molar-refractivity contribution in [3.8, 4) is 0 Å². The van der Waals surface area contributed by atoms with Crippen molar-refractivity contribution in [2.24, 2.45) is 0 Å². The van der Waals surface area contributed by atoms with Gasteiger partial charge in [-0.2, -0.15) is 0 Å². The van der Waals surface area contributed by atoms with E-state index in [1.807, 2.05) is 13.0 Å². The molecule has 0 amide bonds. The fourth-order valence-electron chi connectivity index (χ4n) is 1.27. The second kappa shape index (κ2) is 5.14. The SMILES string of the molecule is COC(=O)CC(O)c1cc(C)ccc1Cl. The van der Waals surface area contributed by atoms with Gasteiger partial charge in [-0.05, 0) is 18.6 Å². The average molecular weight is 229 g/mol. The Morgan fingerprint density at radius 1 is 1.60 bits per heavy atom. The Morgan fingerprint density at radius 3 is 2.87 bits per heavy atom. The minimum absolute atomic E-state index is 0.0837. The molecular formula is C11H13ClO3. The molecule has 0 heterocycles. The first kappa shape index (κ1) is 12.0. The lowest BCUT2D eigenvalue weighted by Gasteiger charge is -2.12. The molecule has 0 saturated heterocycles. The van der Waals surface area contributed by atoms with Crippen molar-refractivity contribution in [1.82, 2.24) is 0 Å². The number of hydrogen-bond acceptors (Lipinski definition) is 3. The summed E-state index contributed by atoms with van der Waals surface area (Å²) in [7, 11) is 1.28. The lowest BCUT2D eigenvalue weighted by atomic mass is 10.0. The van der Waals surface area contributed by atoms with Crippen LogP contribution in [-0.4, -0.2) is 18.2 Å². The van der Waals surface area contributed by atoms with Crippen LogP contribution in [0.5, 0.6) is 0 Å². The van der Waals surface area contributed by atoms with Crippen LogP contribution in [0.25, 0.3) is 0 Å². The first-order chi connectivity index (χ1) is 7.04. The van der Waals surface area contributed by atoms with Gasteiger partial charge >= 0.3 is 5.97 Å². The lowest BCUT2D eigenvalue weighted by Crippen LogP contribution is -2.08. The summed E-state index contributed by atoms with van der Waals surface area (Å²) in [4.78, 5) is 11.0. The smallest absolute Gasteiger partial charge is 0.308 e. The van der Waals surface area contributed by atoms with Crippen molar-refractivity contribution in [3.05, 3.63) is 34.3 Å². The van der Waals surface area contributed by atoms with Gasteiger partial charge in [0.15, 0.2) is 0 Å². The molecule has 1 aromatic carbocycles. The number of benzene rings is 1. The number of rotatable bonds is 3. The number of aliphatic hydroxyl groups is 1. The standard InChI is InChI=1S/C11H13ClO3/c1-7-3-4-9(12)8(5-7)10(13)6-11(14)15-2/h3-5,10,13H,6H2,1-2H3. The Hall–Kier alpha value is -1.06. The van der Waals surface area contributed by atoms with Gasteiger partial charge in [-0.15, -0.1) is 0 Å². The molecule has 0 spiro atoms. The molecule has 1 unspecified atom stereocenters. The number of ether oxygens (including phenoxy) is 1. The third kappa shape index (κ3) is 3.22. The zero-order chi connectivity index (χ0) is 11.4. The van der Waals surface area contributed by atoms with Crippen LogP contribution in [0.2, 0.25) is 5.02 Å². The van der Waals surface area contributed by atoms with Gasteiger partial charge in [-0.25, -0.2) is 0 Å². The molecule has 15 heavy (non-hydrogen) atoms. The lowest BCUT2D eigenvalue weighted by molar-refractivity contribution is -0.142. The van der Waals surface area contributed by atoms with Crippen molar-refractivity contribution < 1.29 is 14.6 Å². The zero-order valence-corrected chi connectivity index (χ0v) is 9.41. The summed E-state index contributed by atoms with van der Waals surface area (Å²) >= 11 is 5.91. The molecule has 4 heteroatoms. The van der Waals surface area contributed by atoms with Crippen LogP contribution in [0.3, 0.4) is 0 Å². The van der Waals surface area contributed by atoms with Crippen LogP contribution in [0, 0.1) is 6.92 Å². The number of halogens is 1. The van der Waals surface area contributed by atoms with E-state index in [0.29, 0.717) is 10.6 Å². The van der Waals surface area contributed by atoms with Crippen molar-refractivity contribution in [3.63, 3.8) is 0 Å². The highest BCUT2D eigenvalue weighted by molar-refractivity contribution is 6.31. The molecule has 1 N–H and O–H groups in total. The van der Waals surface area contributed by atoms with Gasteiger partial charge in [0.2, 0.25) is 0 Å². The van der Waals surface area contributed by atoms with E-state index in [4.69, 9.17) is 11.6 Å². The molecule has 0 aromatic heterocycles. The van der Waals surface area contributed by atoms with Gasteiger partial charge in [0.1, 0.15) is 0 Å². The highest BCUT2D eigenvalue weighted by Crippen LogP contribution is 2.26. The summed E-state index contributed by atoms with van der Waals surface area (Å²) in [5, 5.41) is 10.2. The minimum Gasteiger partial charge on any atom is -0.469 e. The van der Waals surface area contributed by atoms with E-state index in [-0.39, 0.29) is 6.42 Å². The Kier molecular flexibility index (Phi) is 4.12. The molecule has 0 bridgehead atoms. The van der Waals surface area contributed by atoms with Crippen LogP contribution in [0.1, 0.15) is 23.7 Å². The maximum absolute atomic E-state index is 11.0. The normalized spacial score (nSPS) is 12.3. The maximum atomic E-state index is 11.0. The van der Waals surface area contributed by atoms with Gasteiger partial charge in [-0.1, -0.05) is 29.3 Å². The van der Waals surface area contributed by atoms with E-state index in [0.717, 1.165) is 5.56 Å². The van der Waals surface area contributed by atoms with E-state index in [9.17, 15) is 9.90 Å². The first-order valence-corrected chi connectivity index (χ1v) is 4.93. The molecule has 0 aliphatic heterocycles. The molecule has 82 valence electrons. The summed E-state index contributed by atoms with van der Waals surface area (Å²) in [6.07, 6.45) is -0.996. The second-order valence-corrected chi connectivity index (χ2v) is 3.73. The third-order valence-electron chi connectivity index (χ3n) is 2.10. The van der Waals surface area contributed by atoms with Crippen molar-refractivity contribution >= 4 is 17.6 Å². The molecule has 0 saturated carbocycles. The zero-order valence-electron chi connectivity index (χ0n) is 8.66. The molecule has 3 nitrogen and oxygen atoms in total. The summed E-state index contributed by atoms with van der Waals surface area (Å²) in [5.74, 6) is -0.458. The number of carbonyl (C=O) groups excluding carboxylic acids is 1. The van der Waals surface area contributed by atoms with Crippen molar-refractivity contribution in [1.29, 1.82) is 0 Å². The fraction of sp³-hybridized carbons (Fsp3) is 0.364. The van der Waals surface area contributed by atoms with E-state index in [1.54, 1.807) is 12.1 Å². The summed E-state index contributed by atoms with van der Waals surface area (Å²) in [5.41, 5.74) is 1.54. The number of aryl methyl sites for hydroxylation is 1. The predicted molar refractivity (Wildman–Crippen MR) is 57.8 cm³/mol. The van der Waals surface area contributed by atoms with Gasteiger partial charge in [0.05, 0.1) is 19.6 Å². The molecule has 0 fully saturated rings. The monoisotopic (exact) mass is 228 g/mol. The van der Waals surface area contributed by atoms with Crippen LogP contribution in [0.4, 0.5) is 0 Å². The Bertz CT molecular complexity index is 363. The topological polar surface area (TPSA) is 46.5 Å². The quantitative estimate of drug-likeness (QED) is 0.808. The van der Waals surface area contributed by atoms with Crippen LogP contribution in [0.15, 0.2) is 18.2 Å². The second-order valence-electron chi connectivity index (χ2n) is 3.32. The predicted octanol–water partition coefficient (Wildman–Crippen LogP) is 2.24. The molecule has 0 aliphatic rings. The summed E-state index contributed by atoms with van der Waals surface area (Å²) < 4.78 is 4.47. The Balaban J connectivity index is 2.85. The Morgan fingerprint density at radius 2 is 2.27 bits per heavy atom. The van der Waals surface area contributed by atoms with E-state index in [2.05, 4.69) is 4.74 Å². The van der Waals surface area contributed by atoms with Gasteiger partial charge in [0.25, 0.3) is 0 Å². The largest absolute Gasteiger partial charge is 0.469 e. The number of hydrogen-bond donors (Lipinski definition) is 1. The molecule has 0 aliphatic carbocycles. The molecule has 1 rings (SSSR count). The number of esters is 1. The maximum Gasteiger partial charge on any atom is 0.308 e. The fourth-order valence-corrected chi connectivity index (χ4v) is 1.51. The van der Waals surface area contributed by atoms with Crippen LogP contribution >= 0.6 is 11.6 Å². The number of methoxy groups -OCH3 is 1. The van der Waals surface area contributed by atoms with Crippen LogP contribution in [-0.2, 0) is 9.53 Å². The molecule has 1 atom stereocenters. The van der Waals surface area contributed by atoms with Crippen LogP contribution < -0.4 is 0 Å². The number of aliphatic hydroxyl groups excluding tert-OH is 1. The van der Waals surface area contributed by atoms with Crippen molar-refractivity contribution in [2.45, 2.75) is 19.4 Å². The summed E-state index contributed by atoms with van der Waals surface area (Å²) in [6, 6.07) is 5.30. The number of carbonyl (C=O) groups is 1. The first-order valence-electron chi connectivity index (χ1n) is 4.55. The molecule has 0 radical (unpaired) electrons. The third-order valence-corrected chi connectivity index (χ3v) is 2.44. The van der Waals surface area contributed by atoms with Crippen molar-refractivity contribution in [2.75, 3.05) is 7.11 Å². The van der Waals surface area contributed by atoms with Gasteiger partial charge in [0, 0.05) is 5.02 Å².